The number of aliphatic carboxylic acids is 1. The van der Waals surface area contributed by atoms with E-state index in [1.165, 1.54) is 0 Å². The van der Waals surface area contributed by atoms with E-state index in [1.54, 1.807) is 30.0 Å². The van der Waals surface area contributed by atoms with Gasteiger partial charge in [-0.3, -0.25) is 9.59 Å². The minimum absolute atomic E-state index is 0.0806. The Bertz CT molecular complexity index is 1170. The lowest BCUT2D eigenvalue weighted by molar-refractivity contribution is -0.160. The largest absolute Gasteiger partial charge is 0.481 e. The first kappa shape index (κ1) is 26.5. The molecule has 1 aliphatic heterocycles. The first-order valence-electron chi connectivity index (χ1n) is 11.0. The SMILES string of the molecule is C[C@@H](CCS(C)(=O)=O)N1C(=O)[C@@](C)(CC(=O)O)C[C@H](c2cccc(Cl)c2)[C@H]1c1ccc(Cl)cc1. The number of carbonyl (C=O) groups is 2. The van der Waals surface area contributed by atoms with E-state index in [0.717, 1.165) is 17.4 Å². The number of carboxylic acids is 1. The van der Waals surface area contributed by atoms with Gasteiger partial charge in [-0.05, 0) is 55.2 Å². The van der Waals surface area contributed by atoms with Crippen LogP contribution in [0.4, 0.5) is 0 Å². The average molecular weight is 526 g/mol. The molecule has 0 aromatic heterocycles. The number of hydrogen-bond acceptors (Lipinski definition) is 4. The Morgan fingerprint density at radius 2 is 1.79 bits per heavy atom. The molecule has 0 aliphatic carbocycles. The number of amides is 1. The summed E-state index contributed by atoms with van der Waals surface area (Å²) in [7, 11) is -3.25. The summed E-state index contributed by atoms with van der Waals surface area (Å²) >= 11 is 12.4. The lowest BCUT2D eigenvalue weighted by Crippen LogP contribution is -2.55. The number of nitrogens with zero attached hydrogens (tertiary/aromatic N) is 1. The van der Waals surface area contributed by atoms with Gasteiger partial charge >= 0.3 is 5.97 Å². The molecule has 1 heterocycles. The van der Waals surface area contributed by atoms with Gasteiger partial charge in [0, 0.05) is 28.3 Å². The molecule has 0 bridgehead atoms. The van der Waals surface area contributed by atoms with Crippen LogP contribution in [0.15, 0.2) is 48.5 Å². The monoisotopic (exact) mass is 525 g/mol. The number of likely N-dealkylation sites (tertiary alicyclic amines) is 1. The molecule has 184 valence electrons. The summed E-state index contributed by atoms with van der Waals surface area (Å²) in [4.78, 5) is 27.3. The third-order valence-electron chi connectivity index (χ3n) is 6.51. The molecular weight excluding hydrogens is 497 g/mol. The second kappa shape index (κ2) is 10.3. The Morgan fingerprint density at radius 3 is 2.35 bits per heavy atom. The van der Waals surface area contributed by atoms with Crippen LogP contribution in [-0.2, 0) is 19.4 Å². The molecule has 2 aromatic rings. The molecule has 2 aromatic carbocycles. The molecular formula is C25H29Cl2NO5S. The Kier molecular flexibility index (Phi) is 8.00. The van der Waals surface area contributed by atoms with Gasteiger partial charge in [0.25, 0.3) is 0 Å². The molecule has 0 spiro atoms. The van der Waals surface area contributed by atoms with Gasteiger partial charge in [0.05, 0.1) is 23.6 Å². The highest BCUT2D eigenvalue weighted by Gasteiger charge is 2.51. The summed E-state index contributed by atoms with van der Waals surface area (Å²) in [5, 5.41) is 10.7. The van der Waals surface area contributed by atoms with E-state index < -0.39 is 33.3 Å². The fourth-order valence-electron chi connectivity index (χ4n) is 4.89. The van der Waals surface area contributed by atoms with Crippen LogP contribution in [0, 0.1) is 5.41 Å². The average Bonchev–Trinajstić information content (AvgIpc) is 2.73. The Hall–Kier alpha value is -2.09. The second-order valence-electron chi connectivity index (χ2n) is 9.47. The number of hydrogen-bond donors (Lipinski definition) is 1. The highest BCUT2D eigenvalue weighted by atomic mass is 35.5. The number of piperidine rings is 1. The Morgan fingerprint density at radius 1 is 1.15 bits per heavy atom. The maximum atomic E-state index is 13.9. The van der Waals surface area contributed by atoms with Crippen LogP contribution in [0.3, 0.4) is 0 Å². The van der Waals surface area contributed by atoms with Crippen molar-refractivity contribution < 1.29 is 23.1 Å². The van der Waals surface area contributed by atoms with Gasteiger partial charge in [0.2, 0.25) is 5.91 Å². The van der Waals surface area contributed by atoms with Crippen molar-refractivity contribution in [1.82, 2.24) is 4.90 Å². The standard InChI is InChI=1S/C25H29Cl2NO5S/c1-16(11-12-34(3,32)33)28-23(17-7-9-19(26)10-8-17)21(18-5-4-6-20(27)13-18)14-25(2,24(28)31)15-22(29)30/h4-10,13,16,21,23H,11-12,14-15H2,1-3H3,(H,29,30)/t16-,21+,23+,25+/m0/s1. The first-order chi connectivity index (χ1) is 15.8. The number of sulfone groups is 1. The summed E-state index contributed by atoms with van der Waals surface area (Å²) in [6, 6.07) is 13.7. The second-order valence-corrected chi connectivity index (χ2v) is 12.6. The third-order valence-corrected chi connectivity index (χ3v) is 7.98. The van der Waals surface area contributed by atoms with E-state index in [4.69, 9.17) is 23.2 Å². The molecule has 1 fully saturated rings. The Labute approximate surface area is 210 Å². The van der Waals surface area contributed by atoms with E-state index in [2.05, 4.69) is 0 Å². The Balaban J connectivity index is 2.18. The van der Waals surface area contributed by atoms with Crippen molar-refractivity contribution in [3.63, 3.8) is 0 Å². The van der Waals surface area contributed by atoms with Gasteiger partial charge in [-0.2, -0.15) is 0 Å². The highest BCUT2D eigenvalue weighted by molar-refractivity contribution is 7.90. The fraction of sp³-hybridized carbons (Fsp3) is 0.440. The molecule has 0 radical (unpaired) electrons. The summed E-state index contributed by atoms with van der Waals surface area (Å²) in [6.07, 6.45) is 1.38. The van der Waals surface area contributed by atoms with E-state index >= 15 is 0 Å². The van der Waals surface area contributed by atoms with Crippen LogP contribution in [0.1, 0.15) is 56.2 Å². The molecule has 1 aliphatic rings. The summed E-state index contributed by atoms with van der Waals surface area (Å²) < 4.78 is 23.7. The predicted molar refractivity (Wildman–Crippen MR) is 134 cm³/mol. The third kappa shape index (κ3) is 6.12. The van der Waals surface area contributed by atoms with Crippen LogP contribution in [0.25, 0.3) is 0 Å². The van der Waals surface area contributed by atoms with Crippen LogP contribution in [0.5, 0.6) is 0 Å². The molecule has 3 rings (SSSR count). The molecule has 1 amide bonds. The number of rotatable bonds is 8. The van der Waals surface area contributed by atoms with Gasteiger partial charge < -0.3 is 10.0 Å². The molecule has 9 heteroatoms. The first-order valence-corrected chi connectivity index (χ1v) is 13.9. The topological polar surface area (TPSA) is 91.8 Å². The van der Waals surface area contributed by atoms with Gasteiger partial charge in [0.15, 0.2) is 0 Å². The normalized spacial score (nSPS) is 24.1. The summed E-state index contributed by atoms with van der Waals surface area (Å²) in [6.45, 7) is 3.49. The minimum Gasteiger partial charge on any atom is -0.481 e. The smallest absolute Gasteiger partial charge is 0.304 e. The van der Waals surface area contributed by atoms with Crippen LogP contribution in [-0.4, -0.2) is 48.4 Å². The predicted octanol–water partition coefficient (Wildman–Crippen LogP) is 5.35. The highest BCUT2D eigenvalue weighted by Crippen LogP contribution is 2.52. The molecule has 0 saturated carbocycles. The van der Waals surface area contributed by atoms with Crippen LogP contribution in [0.2, 0.25) is 10.0 Å². The summed E-state index contributed by atoms with van der Waals surface area (Å²) in [5.41, 5.74) is 0.560. The van der Waals surface area contributed by atoms with Crippen molar-refractivity contribution in [2.45, 2.75) is 51.1 Å². The van der Waals surface area contributed by atoms with E-state index in [-0.39, 0.29) is 30.4 Å². The quantitative estimate of drug-likeness (QED) is 0.501. The number of carbonyl (C=O) groups excluding carboxylic acids is 1. The zero-order chi connectivity index (χ0) is 25.3. The molecule has 1 saturated heterocycles. The molecule has 4 atom stereocenters. The van der Waals surface area contributed by atoms with E-state index in [0.29, 0.717) is 16.5 Å². The van der Waals surface area contributed by atoms with Crippen molar-refractivity contribution in [3.05, 3.63) is 69.7 Å². The van der Waals surface area contributed by atoms with E-state index in [9.17, 15) is 23.1 Å². The van der Waals surface area contributed by atoms with Gasteiger partial charge in [-0.25, -0.2) is 8.42 Å². The van der Waals surface area contributed by atoms with Crippen molar-refractivity contribution in [1.29, 1.82) is 0 Å². The maximum absolute atomic E-state index is 13.9. The van der Waals surface area contributed by atoms with E-state index in [1.807, 2.05) is 37.3 Å². The molecule has 0 unspecified atom stereocenters. The lowest BCUT2D eigenvalue weighted by Gasteiger charge is -2.51. The minimum atomic E-state index is -3.25. The van der Waals surface area contributed by atoms with Gasteiger partial charge in [-0.1, -0.05) is 54.4 Å². The lowest BCUT2D eigenvalue weighted by atomic mass is 9.67. The summed E-state index contributed by atoms with van der Waals surface area (Å²) in [5.74, 6) is -1.70. The number of benzene rings is 2. The molecule has 6 nitrogen and oxygen atoms in total. The molecule has 1 N–H and O–H groups in total. The molecule has 34 heavy (non-hydrogen) atoms. The van der Waals surface area contributed by atoms with Crippen molar-refractivity contribution in [2.75, 3.05) is 12.0 Å². The number of carboxylic acid groups (broad SMARTS) is 1. The maximum Gasteiger partial charge on any atom is 0.304 e. The van der Waals surface area contributed by atoms with Gasteiger partial charge in [-0.15, -0.1) is 0 Å². The zero-order valence-corrected chi connectivity index (χ0v) is 21.7. The van der Waals surface area contributed by atoms with Gasteiger partial charge in [0.1, 0.15) is 9.84 Å². The fourth-order valence-corrected chi connectivity index (χ4v) is 5.98. The van der Waals surface area contributed by atoms with Crippen LogP contribution < -0.4 is 0 Å². The van der Waals surface area contributed by atoms with Crippen molar-refractivity contribution >= 4 is 44.9 Å². The van der Waals surface area contributed by atoms with Crippen molar-refractivity contribution in [2.24, 2.45) is 5.41 Å². The van der Waals surface area contributed by atoms with Crippen molar-refractivity contribution in [3.8, 4) is 0 Å². The van der Waals surface area contributed by atoms with Crippen LogP contribution >= 0.6 is 23.2 Å². The zero-order valence-electron chi connectivity index (χ0n) is 19.4. The number of halogens is 2.